The molecule has 5 N–H and O–H groups in total. The predicted octanol–water partition coefficient (Wildman–Crippen LogP) is -1.08. The van der Waals surface area contributed by atoms with Crippen LogP contribution < -0.4 is 16.8 Å². The Kier molecular flexibility index (Phi) is 3.46. The predicted molar refractivity (Wildman–Crippen MR) is 50.7 cm³/mol. The van der Waals surface area contributed by atoms with Crippen molar-refractivity contribution in [3.63, 3.8) is 0 Å². The van der Waals surface area contributed by atoms with Crippen LogP contribution in [0.5, 0.6) is 0 Å². The molecule has 0 aromatic heterocycles. The first-order valence-corrected chi connectivity index (χ1v) is 4.67. The summed E-state index contributed by atoms with van der Waals surface area (Å²) in [6.45, 7) is 6.72. The minimum Gasteiger partial charge on any atom is -0.328 e. The largest absolute Gasteiger partial charge is 0.328 e. The van der Waals surface area contributed by atoms with Crippen molar-refractivity contribution in [1.82, 2.24) is 10.2 Å². The van der Waals surface area contributed by atoms with E-state index in [0.717, 1.165) is 32.6 Å². The number of nitrogens with two attached hydrogens (primary N) is 2. The quantitative estimate of drug-likeness (QED) is 0.506. The lowest BCUT2D eigenvalue weighted by Crippen LogP contribution is -2.64. The molecule has 72 valence electrons. The summed E-state index contributed by atoms with van der Waals surface area (Å²) in [7, 11) is 0. The Hall–Kier alpha value is -0.160. The molecule has 0 aliphatic carbocycles. The number of rotatable bonds is 3. The molecule has 0 spiro atoms. The van der Waals surface area contributed by atoms with Gasteiger partial charge in [-0.2, -0.15) is 0 Å². The van der Waals surface area contributed by atoms with Crippen LogP contribution in [0.15, 0.2) is 0 Å². The van der Waals surface area contributed by atoms with Crippen LogP contribution in [0.1, 0.15) is 13.3 Å². The first-order valence-electron chi connectivity index (χ1n) is 4.67. The summed E-state index contributed by atoms with van der Waals surface area (Å²) in [6, 6.07) is 0. The molecule has 1 heterocycles. The molecule has 1 rings (SSSR count). The van der Waals surface area contributed by atoms with E-state index in [1.807, 2.05) is 0 Å². The summed E-state index contributed by atoms with van der Waals surface area (Å²) in [5.74, 6) is 0. The summed E-state index contributed by atoms with van der Waals surface area (Å²) in [5.41, 5.74) is 11.5. The Bertz CT molecular complexity index is 127. The lowest BCUT2D eigenvalue weighted by atomic mass is 10.1. The zero-order chi connectivity index (χ0) is 9.03. The summed E-state index contributed by atoms with van der Waals surface area (Å²) in [4.78, 5) is 2.28. The second-order valence-electron chi connectivity index (χ2n) is 3.40. The molecule has 0 bridgehead atoms. The van der Waals surface area contributed by atoms with Gasteiger partial charge in [-0.05, 0) is 6.42 Å². The molecular weight excluding hydrogens is 152 g/mol. The van der Waals surface area contributed by atoms with E-state index in [2.05, 4.69) is 17.1 Å². The molecule has 0 aromatic carbocycles. The molecule has 0 saturated carbocycles. The standard InChI is InChI=1S/C8H20N4/c1-2-8(10,7-9)12-5-3-11-4-6-12/h11H,2-7,9-10H2,1H3. The van der Waals surface area contributed by atoms with Gasteiger partial charge in [0.25, 0.3) is 0 Å². The molecule has 1 fully saturated rings. The van der Waals surface area contributed by atoms with Gasteiger partial charge in [-0.3, -0.25) is 4.90 Å². The number of hydrogen-bond acceptors (Lipinski definition) is 4. The maximum Gasteiger partial charge on any atom is 0.0811 e. The molecular formula is C8H20N4. The minimum atomic E-state index is -0.276. The fourth-order valence-electron chi connectivity index (χ4n) is 1.61. The highest BCUT2D eigenvalue weighted by Crippen LogP contribution is 2.11. The van der Waals surface area contributed by atoms with Gasteiger partial charge in [-0.1, -0.05) is 6.92 Å². The van der Waals surface area contributed by atoms with Crippen LogP contribution in [0.4, 0.5) is 0 Å². The van der Waals surface area contributed by atoms with Gasteiger partial charge in [0.05, 0.1) is 5.66 Å². The number of nitrogens with one attached hydrogen (secondary N) is 1. The van der Waals surface area contributed by atoms with Gasteiger partial charge in [-0.25, -0.2) is 0 Å². The molecule has 0 radical (unpaired) electrons. The first kappa shape index (κ1) is 9.92. The first-order chi connectivity index (χ1) is 5.73. The number of hydrogen-bond donors (Lipinski definition) is 3. The van der Waals surface area contributed by atoms with E-state index in [4.69, 9.17) is 11.5 Å². The fraction of sp³-hybridized carbons (Fsp3) is 1.00. The van der Waals surface area contributed by atoms with Crippen molar-refractivity contribution in [3.05, 3.63) is 0 Å². The molecule has 1 unspecified atom stereocenters. The van der Waals surface area contributed by atoms with Crippen molar-refractivity contribution in [3.8, 4) is 0 Å². The van der Waals surface area contributed by atoms with Gasteiger partial charge < -0.3 is 16.8 Å². The second-order valence-corrected chi connectivity index (χ2v) is 3.40. The number of nitrogens with zero attached hydrogens (tertiary/aromatic N) is 1. The van der Waals surface area contributed by atoms with Crippen LogP contribution in [0.3, 0.4) is 0 Å². The lowest BCUT2D eigenvalue weighted by molar-refractivity contribution is 0.0807. The van der Waals surface area contributed by atoms with E-state index in [1.165, 1.54) is 0 Å². The molecule has 1 aliphatic heterocycles. The summed E-state index contributed by atoms with van der Waals surface area (Å²) in [5, 5.41) is 3.30. The summed E-state index contributed by atoms with van der Waals surface area (Å²) in [6.07, 6.45) is 0.920. The maximum atomic E-state index is 6.14. The van der Waals surface area contributed by atoms with E-state index in [-0.39, 0.29) is 5.66 Å². The lowest BCUT2D eigenvalue weighted by Gasteiger charge is -2.42. The van der Waals surface area contributed by atoms with Crippen molar-refractivity contribution in [2.75, 3.05) is 32.7 Å². The molecule has 4 nitrogen and oxygen atoms in total. The van der Waals surface area contributed by atoms with Crippen LogP contribution in [-0.2, 0) is 0 Å². The van der Waals surface area contributed by atoms with E-state index in [9.17, 15) is 0 Å². The highest BCUT2D eigenvalue weighted by atomic mass is 15.3. The molecule has 0 aromatic rings. The Morgan fingerprint density at radius 1 is 1.42 bits per heavy atom. The SMILES string of the molecule is CCC(N)(CN)N1CCNCC1. The molecule has 12 heavy (non-hydrogen) atoms. The zero-order valence-corrected chi connectivity index (χ0v) is 7.84. The summed E-state index contributed by atoms with van der Waals surface area (Å²) < 4.78 is 0. The zero-order valence-electron chi connectivity index (χ0n) is 7.84. The number of piperazine rings is 1. The van der Waals surface area contributed by atoms with Gasteiger partial charge in [-0.15, -0.1) is 0 Å². The fourth-order valence-corrected chi connectivity index (χ4v) is 1.61. The van der Waals surface area contributed by atoms with Crippen LogP contribution in [0.25, 0.3) is 0 Å². The van der Waals surface area contributed by atoms with Crippen LogP contribution in [0, 0.1) is 0 Å². The Morgan fingerprint density at radius 3 is 2.42 bits per heavy atom. The van der Waals surface area contributed by atoms with Crippen LogP contribution in [-0.4, -0.2) is 43.3 Å². The smallest absolute Gasteiger partial charge is 0.0811 e. The van der Waals surface area contributed by atoms with E-state index in [1.54, 1.807) is 0 Å². The van der Waals surface area contributed by atoms with Crippen molar-refractivity contribution >= 4 is 0 Å². The molecule has 0 amide bonds. The Balaban J connectivity index is 2.51. The van der Waals surface area contributed by atoms with E-state index >= 15 is 0 Å². The van der Waals surface area contributed by atoms with Crippen molar-refractivity contribution in [2.24, 2.45) is 11.5 Å². The van der Waals surface area contributed by atoms with Crippen molar-refractivity contribution < 1.29 is 0 Å². The third-order valence-corrected chi connectivity index (χ3v) is 2.71. The third kappa shape index (κ3) is 1.95. The van der Waals surface area contributed by atoms with Gasteiger partial charge >= 0.3 is 0 Å². The third-order valence-electron chi connectivity index (χ3n) is 2.71. The van der Waals surface area contributed by atoms with E-state index in [0.29, 0.717) is 6.54 Å². The molecule has 1 atom stereocenters. The highest BCUT2D eigenvalue weighted by molar-refractivity contribution is 4.86. The van der Waals surface area contributed by atoms with Crippen LogP contribution >= 0.6 is 0 Å². The van der Waals surface area contributed by atoms with Gasteiger partial charge in [0, 0.05) is 32.7 Å². The second kappa shape index (κ2) is 4.18. The minimum absolute atomic E-state index is 0.276. The monoisotopic (exact) mass is 172 g/mol. The topological polar surface area (TPSA) is 67.3 Å². The average molecular weight is 172 g/mol. The Labute approximate surface area is 74.3 Å². The Morgan fingerprint density at radius 2 is 2.00 bits per heavy atom. The van der Waals surface area contributed by atoms with Crippen molar-refractivity contribution in [1.29, 1.82) is 0 Å². The highest BCUT2D eigenvalue weighted by Gasteiger charge is 2.29. The normalized spacial score (nSPS) is 25.2. The average Bonchev–Trinajstić information content (AvgIpc) is 2.18. The van der Waals surface area contributed by atoms with Crippen molar-refractivity contribution in [2.45, 2.75) is 19.0 Å². The summed E-state index contributed by atoms with van der Waals surface area (Å²) >= 11 is 0. The molecule has 1 aliphatic rings. The van der Waals surface area contributed by atoms with E-state index < -0.39 is 0 Å². The van der Waals surface area contributed by atoms with Crippen LogP contribution in [0.2, 0.25) is 0 Å². The van der Waals surface area contributed by atoms with Gasteiger partial charge in [0.2, 0.25) is 0 Å². The van der Waals surface area contributed by atoms with Gasteiger partial charge in [0.15, 0.2) is 0 Å². The van der Waals surface area contributed by atoms with Gasteiger partial charge in [0.1, 0.15) is 0 Å². The molecule has 4 heteroatoms. The molecule has 1 saturated heterocycles. The maximum absolute atomic E-state index is 6.14.